The van der Waals surface area contributed by atoms with Crippen LogP contribution in [0, 0.1) is 12.8 Å². The molecule has 0 bridgehead atoms. The Labute approximate surface area is 122 Å². The lowest BCUT2D eigenvalue weighted by molar-refractivity contribution is 0.0949. The molecule has 18 heavy (non-hydrogen) atoms. The molecule has 1 aliphatic rings. The van der Waals surface area contributed by atoms with E-state index in [1.54, 1.807) is 0 Å². The molecule has 1 saturated carbocycles. The standard InChI is InChI=1S/C13H17BrN2O.ClH/c1-8-2-5-10(11(14)6-8)13(17)16-7-12(15)9-3-4-9;/h2,5-6,9,12H,3-4,7,15H2,1H3,(H,16,17);1H. The van der Waals surface area contributed by atoms with Crippen molar-refractivity contribution < 1.29 is 4.79 Å². The number of carbonyl (C=O) groups excluding carboxylic acids is 1. The van der Waals surface area contributed by atoms with Crippen molar-refractivity contribution in [2.24, 2.45) is 11.7 Å². The Kier molecular flexibility index (Phi) is 5.63. The molecule has 0 saturated heterocycles. The third-order valence-corrected chi connectivity index (χ3v) is 3.75. The molecule has 0 heterocycles. The van der Waals surface area contributed by atoms with Gasteiger partial charge in [0.15, 0.2) is 0 Å². The second-order valence-corrected chi connectivity index (χ2v) is 5.55. The van der Waals surface area contributed by atoms with E-state index in [9.17, 15) is 4.79 Å². The van der Waals surface area contributed by atoms with Crippen LogP contribution in [-0.4, -0.2) is 18.5 Å². The summed E-state index contributed by atoms with van der Waals surface area (Å²) in [6, 6.07) is 5.80. The number of aryl methyl sites for hydroxylation is 1. The van der Waals surface area contributed by atoms with Gasteiger partial charge < -0.3 is 11.1 Å². The molecule has 1 atom stereocenters. The van der Waals surface area contributed by atoms with Gasteiger partial charge in [-0.25, -0.2) is 0 Å². The minimum absolute atomic E-state index is 0. The van der Waals surface area contributed by atoms with Crippen LogP contribution in [0.25, 0.3) is 0 Å². The Morgan fingerprint density at radius 3 is 2.78 bits per heavy atom. The predicted molar refractivity (Wildman–Crippen MR) is 79.2 cm³/mol. The second kappa shape index (κ2) is 6.55. The molecule has 5 heteroatoms. The van der Waals surface area contributed by atoms with Crippen molar-refractivity contribution >= 4 is 34.2 Å². The molecular formula is C13H18BrClN2O. The lowest BCUT2D eigenvalue weighted by atomic mass is 10.1. The van der Waals surface area contributed by atoms with Crippen molar-refractivity contribution in [3.05, 3.63) is 33.8 Å². The van der Waals surface area contributed by atoms with Crippen LogP contribution in [0.5, 0.6) is 0 Å². The fraction of sp³-hybridized carbons (Fsp3) is 0.462. The zero-order chi connectivity index (χ0) is 12.4. The van der Waals surface area contributed by atoms with Gasteiger partial charge in [0.25, 0.3) is 5.91 Å². The zero-order valence-electron chi connectivity index (χ0n) is 10.3. The Hall–Kier alpha value is -0.580. The van der Waals surface area contributed by atoms with E-state index in [2.05, 4.69) is 21.2 Å². The van der Waals surface area contributed by atoms with Crippen molar-refractivity contribution in [2.45, 2.75) is 25.8 Å². The molecule has 1 aliphatic carbocycles. The van der Waals surface area contributed by atoms with E-state index in [-0.39, 0.29) is 24.4 Å². The Morgan fingerprint density at radius 1 is 1.56 bits per heavy atom. The molecule has 1 amide bonds. The van der Waals surface area contributed by atoms with Crippen LogP contribution in [0.2, 0.25) is 0 Å². The van der Waals surface area contributed by atoms with Gasteiger partial charge in [0.2, 0.25) is 0 Å². The maximum Gasteiger partial charge on any atom is 0.252 e. The first-order valence-corrected chi connectivity index (χ1v) is 6.67. The number of halogens is 2. The van der Waals surface area contributed by atoms with E-state index in [0.29, 0.717) is 18.0 Å². The minimum Gasteiger partial charge on any atom is -0.350 e. The molecule has 0 aromatic heterocycles. The van der Waals surface area contributed by atoms with E-state index in [1.165, 1.54) is 12.8 Å². The smallest absolute Gasteiger partial charge is 0.252 e. The molecule has 0 aliphatic heterocycles. The van der Waals surface area contributed by atoms with Crippen molar-refractivity contribution in [3.8, 4) is 0 Å². The first-order valence-electron chi connectivity index (χ1n) is 5.88. The summed E-state index contributed by atoms with van der Waals surface area (Å²) in [5, 5.41) is 2.89. The maximum absolute atomic E-state index is 11.9. The Balaban J connectivity index is 0.00000162. The largest absolute Gasteiger partial charge is 0.350 e. The van der Waals surface area contributed by atoms with Gasteiger partial charge in [-0.2, -0.15) is 0 Å². The van der Waals surface area contributed by atoms with Gasteiger partial charge >= 0.3 is 0 Å². The first kappa shape index (κ1) is 15.5. The van der Waals surface area contributed by atoms with Crippen LogP contribution in [0.15, 0.2) is 22.7 Å². The average molecular weight is 334 g/mol. The molecule has 1 fully saturated rings. The van der Waals surface area contributed by atoms with Crippen molar-refractivity contribution in [2.75, 3.05) is 6.54 Å². The van der Waals surface area contributed by atoms with E-state index in [1.807, 2.05) is 25.1 Å². The van der Waals surface area contributed by atoms with Gasteiger partial charge in [-0.05, 0) is 59.3 Å². The minimum atomic E-state index is -0.0621. The predicted octanol–water partition coefficient (Wildman–Crippen LogP) is 2.65. The van der Waals surface area contributed by atoms with Gasteiger partial charge in [-0.3, -0.25) is 4.79 Å². The summed E-state index contributed by atoms with van der Waals surface area (Å²) in [4.78, 5) is 11.9. The monoisotopic (exact) mass is 332 g/mol. The molecule has 100 valence electrons. The SMILES string of the molecule is Cc1ccc(C(=O)NCC(N)C2CC2)c(Br)c1.Cl. The molecule has 1 aromatic rings. The number of rotatable bonds is 4. The summed E-state index contributed by atoms with van der Waals surface area (Å²) in [6.45, 7) is 2.55. The number of nitrogens with one attached hydrogen (secondary N) is 1. The van der Waals surface area contributed by atoms with E-state index in [0.717, 1.165) is 10.0 Å². The van der Waals surface area contributed by atoms with Gasteiger partial charge in [0, 0.05) is 17.1 Å². The van der Waals surface area contributed by atoms with E-state index in [4.69, 9.17) is 5.73 Å². The van der Waals surface area contributed by atoms with Crippen molar-refractivity contribution in [1.29, 1.82) is 0 Å². The molecule has 1 aromatic carbocycles. The van der Waals surface area contributed by atoms with Crippen LogP contribution in [0.3, 0.4) is 0 Å². The lowest BCUT2D eigenvalue weighted by Gasteiger charge is -2.12. The fourth-order valence-corrected chi connectivity index (χ4v) is 2.47. The molecular weight excluding hydrogens is 316 g/mol. The molecule has 0 radical (unpaired) electrons. The summed E-state index contributed by atoms with van der Waals surface area (Å²) >= 11 is 3.40. The molecule has 1 unspecified atom stereocenters. The van der Waals surface area contributed by atoms with E-state index >= 15 is 0 Å². The summed E-state index contributed by atoms with van der Waals surface area (Å²) in [5.74, 6) is 0.546. The maximum atomic E-state index is 11.9. The third-order valence-electron chi connectivity index (χ3n) is 3.10. The van der Waals surface area contributed by atoms with Crippen LogP contribution < -0.4 is 11.1 Å². The van der Waals surface area contributed by atoms with Crippen LogP contribution in [0.4, 0.5) is 0 Å². The molecule has 2 rings (SSSR count). The average Bonchev–Trinajstić information content (AvgIpc) is 3.09. The summed E-state index contributed by atoms with van der Waals surface area (Å²) in [5.41, 5.74) is 7.73. The lowest BCUT2D eigenvalue weighted by Crippen LogP contribution is -2.38. The van der Waals surface area contributed by atoms with Gasteiger partial charge in [-0.1, -0.05) is 6.07 Å². The highest BCUT2D eigenvalue weighted by Gasteiger charge is 2.28. The third kappa shape index (κ3) is 3.97. The summed E-state index contributed by atoms with van der Waals surface area (Å²) < 4.78 is 0.829. The Bertz CT molecular complexity index is 435. The zero-order valence-corrected chi connectivity index (χ0v) is 12.7. The Morgan fingerprint density at radius 2 is 2.22 bits per heavy atom. The van der Waals surface area contributed by atoms with E-state index < -0.39 is 0 Å². The van der Waals surface area contributed by atoms with Crippen LogP contribution in [0.1, 0.15) is 28.8 Å². The topological polar surface area (TPSA) is 55.1 Å². The van der Waals surface area contributed by atoms with Crippen molar-refractivity contribution in [3.63, 3.8) is 0 Å². The number of benzene rings is 1. The number of amides is 1. The van der Waals surface area contributed by atoms with Crippen LogP contribution in [-0.2, 0) is 0 Å². The molecule has 3 nitrogen and oxygen atoms in total. The number of nitrogens with two attached hydrogens (primary N) is 1. The van der Waals surface area contributed by atoms with Gasteiger partial charge in [-0.15, -0.1) is 12.4 Å². The highest BCUT2D eigenvalue weighted by molar-refractivity contribution is 9.10. The summed E-state index contributed by atoms with van der Waals surface area (Å²) in [7, 11) is 0. The second-order valence-electron chi connectivity index (χ2n) is 4.69. The first-order chi connectivity index (χ1) is 8.08. The number of hydrogen-bond donors (Lipinski definition) is 2. The highest BCUT2D eigenvalue weighted by atomic mass is 79.9. The highest BCUT2D eigenvalue weighted by Crippen LogP contribution is 2.31. The normalized spacial score (nSPS) is 15.7. The number of carbonyl (C=O) groups is 1. The van der Waals surface area contributed by atoms with Crippen molar-refractivity contribution in [1.82, 2.24) is 5.32 Å². The quantitative estimate of drug-likeness (QED) is 0.890. The fourth-order valence-electron chi connectivity index (χ4n) is 1.80. The number of hydrogen-bond acceptors (Lipinski definition) is 2. The summed E-state index contributed by atoms with van der Waals surface area (Å²) in [6.07, 6.45) is 2.40. The van der Waals surface area contributed by atoms with Crippen LogP contribution >= 0.6 is 28.3 Å². The molecule has 0 spiro atoms. The van der Waals surface area contributed by atoms with Gasteiger partial charge in [0.05, 0.1) is 5.56 Å². The van der Waals surface area contributed by atoms with Gasteiger partial charge in [0.1, 0.15) is 0 Å². The molecule has 3 N–H and O–H groups in total.